The summed E-state index contributed by atoms with van der Waals surface area (Å²) in [5.41, 5.74) is 0.465. The number of carbonyl (C=O) groups excluding carboxylic acids is 1. The average Bonchev–Trinajstić information content (AvgIpc) is 2.95. The molecule has 2 rings (SSSR count). The van der Waals surface area contributed by atoms with Crippen molar-refractivity contribution in [1.29, 1.82) is 0 Å². The summed E-state index contributed by atoms with van der Waals surface area (Å²) in [5, 5.41) is 18.9. The molecule has 0 saturated heterocycles. The first kappa shape index (κ1) is 16.0. The Hall–Kier alpha value is -2.34. The maximum absolute atomic E-state index is 11.9. The van der Waals surface area contributed by atoms with Gasteiger partial charge >= 0.3 is 6.03 Å². The maximum Gasteiger partial charge on any atom is 0.320 e. The minimum Gasteiger partial charge on any atom is -0.394 e. The Balaban J connectivity index is 2.01. The van der Waals surface area contributed by atoms with Crippen LogP contribution in [0.4, 0.5) is 10.6 Å². The molecule has 0 aliphatic carbocycles. The van der Waals surface area contributed by atoms with Crippen LogP contribution in [0.2, 0.25) is 0 Å². The quantitative estimate of drug-likeness (QED) is 0.793. The lowest BCUT2D eigenvalue weighted by Gasteiger charge is -2.23. The molecule has 0 bridgehead atoms. The summed E-state index contributed by atoms with van der Waals surface area (Å²) in [6, 6.07) is 11.4. The van der Waals surface area contributed by atoms with Crippen LogP contribution in [0.15, 0.2) is 42.6 Å². The fourth-order valence-electron chi connectivity index (χ4n) is 2.00. The summed E-state index contributed by atoms with van der Waals surface area (Å²) in [7, 11) is 0. The first-order chi connectivity index (χ1) is 10.4. The van der Waals surface area contributed by atoms with Crippen molar-refractivity contribution in [2.24, 2.45) is 0 Å². The molecule has 1 aromatic carbocycles. The molecule has 3 N–H and O–H groups in total. The Bertz CT molecular complexity index is 622. The van der Waals surface area contributed by atoms with E-state index in [2.05, 4.69) is 15.7 Å². The van der Waals surface area contributed by atoms with Crippen LogP contribution in [0.25, 0.3) is 0 Å². The first-order valence-corrected chi connectivity index (χ1v) is 7.21. The number of benzene rings is 1. The van der Waals surface area contributed by atoms with E-state index in [0.29, 0.717) is 5.82 Å². The van der Waals surface area contributed by atoms with Gasteiger partial charge in [0.2, 0.25) is 0 Å². The van der Waals surface area contributed by atoms with Crippen molar-refractivity contribution in [2.75, 3.05) is 11.9 Å². The smallest absolute Gasteiger partial charge is 0.320 e. The van der Waals surface area contributed by atoms with E-state index in [1.54, 1.807) is 24.6 Å². The molecule has 2 amide bonds. The monoisotopic (exact) mass is 302 g/mol. The van der Waals surface area contributed by atoms with Crippen LogP contribution in [0.3, 0.4) is 0 Å². The topological polar surface area (TPSA) is 79.2 Å². The van der Waals surface area contributed by atoms with Gasteiger partial charge in [-0.25, -0.2) is 4.79 Å². The van der Waals surface area contributed by atoms with Crippen molar-refractivity contribution in [1.82, 2.24) is 15.1 Å². The number of urea groups is 1. The SMILES string of the molecule is CC(c1ccccc1)n1ccc(NC(=O)NC(C)(C)CO)n1. The summed E-state index contributed by atoms with van der Waals surface area (Å²) >= 11 is 0. The second kappa shape index (κ2) is 6.62. The van der Waals surface area contributed by atoms with E-state index in [9.17, 15) is 4.79 Å². The third-order valence-electron chi connectivity index (χ3n) is 3.38. The van der Waals surface area contributed by atoms with Gasteiger partial charge in [0, 0.05) is 12.3 Å². The normalized spacial score (nSPS) is 12.7. The second-order valence-corrected chi connectivity index (χ2v) is 5.89. The summed E-state index contributed by atoms with van der Waals surface area (Å²) in [6.07, 6.45) is 1.82. The molecule has 6 nitrogen and oxygen atoms in total. The van der Waals surface area contributed by atoms with E-state index < -0.39 is 11.6 Å². The molecule has 22 heavy (non-hydrogen) atoms. The van der Waals surface area contributed by atoms with Gasteiger partial charge in [0.1, 0.15) is 0 Å². The number of hydrogen-bond acceptors (Lipinski definition) is 3. The van der Waals surface area contributed by atoms with Gasteiger partial charge < -0.3 is 10.4 Å². The highest BCUT2D eigenvalue weighted by atomic mass is 16.3. The molecule has 2 aromatic rings. The van der Waals surface area contributed by atoms with Crippen LogP contribution < -0.4 is 10.6 Å². The van der Waals surface area contributed by atoms with Crippen LogP contribution in [0.1, 0.15) is 32.4 Å². The lowest BCUT2D eigenvalue weighted by molar-refractivity contribution is 0.187. The molecule has 1 aromatic heterocycles. The van der Waals surface area contributed by atoms with Gasteiger partial charge in [-0.2, -0.15) is 5.10 Å². The van der Waals surface area contributed by atoms with E-state index in [4.69, 9.17) is 5.11 Å². The van der Waals surface area contributed by atoms with Crippen LogP contribution in [0, 0.1) is 0 Å². The van der Waals surface area contributed by atoms with Gasteiger partial charge in [-0.15, -0.1) is 0 Å². The fourth-order valence-corrected chi connectivity index (χ4v) is 2.00. The number of aliphatic hydroxyl groups excluding tert-OH is 1. The summed E-state index contributed by atoms with van der Waals surface area (Å²) < 4.78 is 1.79. The number of nitrogens with one attached hydrogen (secondary N) is 2. The maximum atomic E-state index is 11.9. The molecule has 0 spiro atoms. The Morgan fingerprint density at radius 2 is 2.00 bits per heavy atom. The highest BCUT2D eigenvalue weighted by Crippen LogP contribution is 2.17. The van der Waals surface area contributed by atoms with E-state index in [1.165, 1.54) is 0 Å². The summed E-state index contributed by atoms with van der Waals surface area (Å²) in [4.78, 5) is 11.9. The number of anilines is 1. The van der Waals surface area contributed by atoms with Crippen molar-refractivity contribution < 1.29 is 9.90 Å². The summed E-state index contributed by atoms with van der Waals surface area (Å²) in [6.45, 7) is 5.38. The predicted octanol–water partition coefficient (Wildman–Crippen LogP) is 2.38. The molecule has 6 heteroatoms. The number of aliphatic hydroxyl groups is 1. The average molecular weight is 302 g/mol. The zero-order chi connectivity index (χ0) is 16.2. The third-order valence-corrected chi connectivity index (χ3v) is 3.38. The van der Waals surface area contributed by atoms with Gasteiger partial charge in [-0.3, -0.25) is 10.00 Å². The fraction of sp³-hybridized carbons (Fsp3) is 0.375. The Kier molecular flexibility index (Phi) is 4.82. The molecule has 0 aliphatic rings. The van der Waals surface area contributed by atoms with Crippen LogP contribution in [-0.4, -0.2) is 33.1 Å². The van der Waals surface area contributed by atoms with Crippen molar-refractivity contribution in [3.8, 4) is 0 Å². The van der Waals surface area contributed by atoms with Gasteiger partial charge in [0.05, 0.1) is 18.2 Å². The van der Waals surface area contributed by atoms with E-state index in [1.807, 2.05) is 43.5 Å². The standard InChI is InChI=1S/C16H22N4O2/c1-12(13-7-5-4-6-8-13)20-10-9-14(19-20)17-15(22)18-16(2,3)11-21/h4-10,12,21H,11H2,1-3H3,(H2,17,18,19,22). The zero-order valence-electron chi connectivity index (χ0n) is 13.1. The largest absolute Gasteiger partial charge is 0.394 e. The number of carbonyl (C=O) groups is 1. The zero-order valence-corrected chi connectivity index (χ0v) is 13.1. The summed E-state index contributed by atoms with van der Waals surface area (Å²) in [5.74, 6) is 0.467. The molecule has 1 atom stereocenters. The molecular weight excluding hydrogens is 280 g/mol. The van der Waals surface area contributed by atoms with Gasteiger partial charge in [-0.1, -0.05) is 30.3 Å². The van der Waals surface area contributed by atoms with E-state index >= 15 is 0 Å². The molecule has 1 unspecified atom stereocenters. The number of hydrogen-bond donors (Lipinski definition) is 3. The number of aromatic nitrogens is 2. The Morgan fingerprint density at radius 1 is 1.32 bits per heavy atom. The molecule has 1 heterocycles. The lowest BCUT2D eigenvalue weighted by atomic mass is 10.1. The van der Waals surface area contributed by atoms with Gasteiger partial charge in [-0.05, 0) is 26.3 Å². The van der Waals surface area contributed by atoms with Crippen molar-refractivity contribution >= 4 is 11.8 Å². The van der Waals surface area contributed by atoms with E-state index in [0.717, 1.165) is 5.56 Å². The second-order valence-electron chi connectivity index (χ2n) is 5.89. The van der Waals surface area contributed by atoms with Crippen molar-refractivity contribution in [3.63, 3.8) is 0 Å². The highest BCUT2D eigenvalue weighted by molar-refractivity contribution is 5.88. The Morgan fingerprint density at radius 3 is 2.64 bits per heavy atom. The number of rotatable bonds is 5. The van der Waals surface area contributed by atoms with Gasteiger partial charge in [0.25, 0.3) is 0 Å². The molecule has 0 saturated carbocycles. The number of nitrogens with zero attached hydrogens (tertiary/aromatic N) is 2. The van der Waals surface area contributed by atoms with Gasteiger partial charge in [0.15, 0.2) is 5.82 Å². The van der Waals surface area contributed by atoms with Crippen molar-refractivity contribution in [2.45, 2.75) is 32.4 Å². The first-order valence-electron chi connectivity index (χ1n) is 7.21. The molecule has 0 aliphatic heterocycles. The minimum atomic E-state index is -0.677. The lowest BCUT2D eigenvalue weighted by Crippen LogP contribution is -2.48. The minimum absolute atomic E-state index is 0.0775. The Labute approximate surface area is 130 Å². The van der Waals surface area contributed by atoms with Crippen LogP contribution in [0.5, 0.6) is 0 Å². The molecular formula is C16H22N4O2. The van der Waals surface area contributed by atoms with Crippen molar-refractivity contribution in [3.05, 3.63) is 48.2 Å². The third kappa shape index (κ3) is 4.08. The molecule has 0 radical (unpaired) electrons. The van der Waals surface area contributed by atoms with Crippen LogP contribution >= 0.6 is 0 Å². The van der Waals surface area contributed by atoms with E-state index in [-0.39, 0.29) is 12.6 Å². The predicted molar refractivity (Wildman–Crippen MR) is 85.8 cm³/mol. The number of amides is 2. The van der Waals surface area contributed by atoms with Crippen LogP contribution in [-0.2, 0) is 0 Å². The molecule has 0 fully saturated rings. The molecule has 118 valence electrons. The highest BCUT2D eigenvalue weighted by Gasteiger charge is 2.19.